The molecule has 3 N–H and O–H groups in total. The standard InChI is InChI=1S/C12H12N2O3S2/c1-8-5-6-11(18-8)19(16,17)14-10-4-2-3-9(7-10)12(13)15/h2-7,14H,1H3,(H2,13,15). The lowest BCUT2D eigenvalue weighted by Crippen LogP contribution is -2.14. The average molecular weight is 296 g/mol. The van der Waals surface area contributed by atoms with Crippen molar-refractivity contribution in [3.63, 3.8) is 0 Å². The van der Waals surface area contributed by atoms with Crippen molar-refractivity contribution in [1.82, 2.24) is 0 Å². The van der Waals surface area contributed by atoms with Crippen molar-refractivity contribution in [2.24, 2.45) is 5.73 Å². The van der Waals surface area contributed by atoms with Gasteiger partial charge in [0.25, 0.3) is 10.0 Å². The molecule has 2 rings (SSSR count). The zero-order chi connectivity index (χ0) is 14.0. The fourth-order valence-corrected chi connectivity index (χ4v) is 3.83. The summed E-state index contributed by atoms with van der Waals surface area (Å²) < 4.78 is 26.8. The molecule has 1 aromatic heterocycles. The molecule has 0 atom stereocenters. The summed E-state index contributed by atoms with van der Waals surface area (Å²) in [6.07, 6.45) is 0. The summed E-state index contributed by atoms with van der Waals surface area (Å²) >= 11 is 1.18. The number of sulfonamides is 1. The van der Waals surface area contributed by atoms with Crippen molar-refractivity contribution >= 4 is 33.0 Å². The van der Waals surface area contributed by atoms with Gasteiger partial charge in [0.1, 0.15) is 4.21 Å². The number of rotatable bonds is 4. The molecular formula is C12H12N2O3S2. The lowest BCUT2D eigenvalue weighted by Gasteiger charge is -2.06. The summed E-state index contributed by atoms with van der Waals surface area (Å²) in [6.45, 7) is 1.83. The van der Waals surface area contributed by atoms with Crippen LogP contribution in [0.4, 0.5) is 5.69 Å². The minimum atomic E-state index is -3.62. The summed E-state index contributed by atoms with van der Waals surface area (Å²) in [5.74, 6) is -0.604. The first kappa shape index (κ1) is 13.6. The van der Waals surface area contributed by atoms with Crippen molar-refractivity contribution < 1.29 is 13.2 Å². The third-order valence-electron chi connectivity index (χ3n) is 2.38. The van der Waals surface area contributed by atoms with E-state index in [1.807, 2.05) is 6.92 Å². The van der Waals surface area contributed by atoms with Gasteiger partial charge >= 0.3 is 0 Å². The molecule has 2 aromatic rings. The van der Waals surface area contributed by atoms with Crippen molar-refractivity contribution in [1.29, 1.82) is 0 Å². The van der Waals surface area contributed by atoms with E-state index in [0.717, 1.165) is 4.88 Å². The number of carbonyl (C=O) groups is 1. The van der Waals surface area contributed by atoms with Gasteiger partial charge in [-0.2, -0.15) is 0 Å². The van der Waals surface area contributed by atoms with Crippen LogP contribution in [0.25, 0.3) is 0 Å². The molecule has 0 bridgehead atoms. The number of carbonyl (C=O) groups excluding carboxylic acids is 1. The summed E-state index contributed by atoms with van der Waals surface area (Å²) in [6, 6.07) is 9.33. The van der Waals surface area contributed by atoms with Crippen molar-refractivity contribution in [2.45, 2.75) is 11.1 Å². The SMILES string of the molecule is Cc1ccc(S(=O)(=O)Nc2cccc(C(N)=O)c2)s1. The van der Waals surface area contributed by atoms with E-state index in [4.69, 9.17) is 5.73 Å². The number of nitrogens with two attached hydrogens (primary N) is 1. The van der Waals surface area contributed by atoms with Gasteiger partial charge in [-0.05, 0) is 37.3 Å². The maximum absolute atomic E-state index is 12.1. The average Bonchev–Trinajstić information content (AvgIpc) is 2.76. The molecule has 0 spiro atoms. The van der Waals surface area contributed by atoms with Crippen LogP contribution in [0.3, 0.4) is 0 Å². The molecule has 1 aromatic carbocycles. The van der Waals surface area contributed by atoms with Crippen LogP contribution < -0.4 is 10.5 Å². The van der Waals surface area contributed by atoms with E-state index in [-0.39, 0.29) is 9.77 Å². The highest BCUT2D eigenvalue weighted by molar-refractivity contribution is 7.94. The van der Waals surface area contributed by atoms with Gasteiger partial charge in [0.05, 0.1) is 0 Å². The summed E-state index contributed by atoms with van der Waals surface area (Å²) in [5.41, 5.74) is 5.71. The van der Waals surface area contributed by atoms with Crippen LogP contribution in [0, 0.1) is 6.92 Å². The third kappa shape index (κ3) is 3.12. The van der Waals surface area contributed by atoms with Gasteiger partial charge in [-0.15, -0.1) is 11.3 Å². The number of aryl methyl sites for hydroxylation is 1. The topological polar surface area (TPSA) is 89.3 Å². The van der Waals surface area contributed by atoms with E-state index >= 15 is 0 Å². The van der Waals surface area contributed by atoms with Crippen molar-refractivity contribution in [3.8, 4) is 0 Å². The Balaban J connectivity index is 2.30. The normalized spacial score (nSPS) is 11.2. The first-order valence-electron chi connectivity index (χ1n) is 5.37. The molecule has 0 radical (unpaired) electrons. The first-order valence-corrected chi connectivity index (χ1v) is 7.67. The molecule has 0 saturated heterocycles. The Labute approximate surface area is 115 Å². The predicted octanol–water partition coefficient (Wildman–Crippen LogP) is 1.96. The highest BCUT2D eigenvalue weighted by Gasteiger charge is 2.16. The Kier molecular flexibility index (Phi) is 3.59. The molecular weight excluding hydrogens is 284 g/mol. The van der Waals surface area contributed by atoms with Gasteiger partial charge in [0.2, 0.25) is 5.91 Å². The number of amides is 1. The maximum atomic E-state index is 12.1. The molecule has 0 aliphatic rings. The fourth-order valence-electron chi connectivity index (χ4n) is 1.50. The van der Waals surface area contributed by atoms with Crippen LogP contribution in [0.2, 0.25) is 0 Å². The molecule has 19 heavy (non-hydrogen) atoms. The predicted molar refractivity (Wildman–Crippen MR) is 74.8 cm³/mol. The van der Waals surface area contributed by atoms with Gasteiger partial charge in [-0.25, -0.2) is 8.42 Å². The Morgan fingerprint density at radius 1 is 1.26 bits per heavy atom. The molecule has 7 heteroatoms. The molecule has 5 nitrogen and oxygen atoms in total. The Morgan fingerprint density at radius 2 is 2.00 bits per heavy atom. The van der Waals surface area contributed by atoms with E-state index in [0.29, 0.717) is 5.69 Å². The minimum Gasteiger partial charge on any atom is -0.366 e. The third-order valence-corrected chi connectivity index (χ3v) is 5.25. The van der Waals surface area contributed by atoms with Crippen LogP contribution in [-0.4, -0.2) is 14.3 Å². The molecule has 0 saturated carbocycles. The Morgan fingerprint density at radius 3 is 2.58 bits per heavy atom. The summed E-state index contributed by atoms with van der Waals surface area (Å²) in [5, 5.41) is 0. The number of thiophene rings is 1. The molecule has 1 heterocycles. The number of primary amides is 1. The zero-order valence-electron chi connectivity index (χ0n) is 10.1. The number of hydrogen-bond donors (Lipinski definition) is 2. The Hall–Kier alpha value is -1.86. The van der Waals surface area contributed by atoms with Gasteiger partial charge in [0, 0.05) is 16.1 Å². The number of nitrogens with one attached hydrogen (secondary N) is 1. The van der Waals surface area contributed by atoms with Gasteiger partial charge in [-0.3, -0.25) is 9.52 Å². The largest absolute Gasteiger partial charge is 0.366 e. The number of anilines is 1. The van der Waals surface area contributed by atoms with E-state index in [1.165, 1.54) is 23.5 Å². The van der Waals surface area contributed by atoms with E-state index in [1.54, 1.807) is 24.3 Å². The molecule has 0 aliphatic carbocycles. The summed E-state index contributed by atoms with van der Waals surface area (Å²) in [4.78, 5) is 11.9. The van der Waals surface area contributed by atoms with Crippen molar-refractivity contribution in [3.05, 3.63) is 46.8 Å². The van der Waals surface area contributed by atoms with E-state index in [2.05, 4.69) is 4.72 Å². The second-order valence-corrected chi connectivity index (χ2v) is 7.11. The highest BCUT2D eigenvalue weighted by atomic mass is 32.2. The second kappa shape index (κ2) is 5.02. The van der Waals surface area contributed by atoms with Crippen LogP contribution >= 0.6 is 11.3 Å². The molecule has 100 valence electrons. The van der Waals surface area contributed by atoms with Crippen molar-refractivity contribution in [2.75, 3.05) is 4.72 Å². The number of benzene rings is 1. The van der Waals surface area contributed by atoms with Gasteiger partial charge in [-0.1, -0.05) is 6.07 Å². The monoisotopic (exact) mass is 296 g/mol. The van der Waals surface area contributed by atoms with Crippen LogP contribution in [0.15, 0.2) is 40.6 Å². The molecule has 0 fully saturated rings. The summed E-state index contributed by atoms with van der Waals surface area (Å²) in [7, 11) is -3.62. The lowest BCUT2D eigenvalue weighted by molar-refractivity contribution is 0.100. The van der Waals surface area contributed by atoms with Gasteiger partial charge in [0.15, 0.2) is 0 Å². The van der Waals surface area contributed by atoms with E-state index < -0.39 is 15.9 Å². The fraction of sp³-hybridized carbons (Fsp3) is 0.0833. The zero-order valence-corrected chi connectivity index (χ0v) is 11.7. The minimum absolute atomic E-state index is 0.231. The highest BCUT2D eigenvalue weighted by Crippen LogP contribution is 2.23. The second-order valence-electron chi connectivity index (χ2n) is 3.92. The lowest BCUT2D eigenvalue weighted by atomic mass is 10.2. The Bertz CT molecular complexity index is 720. The van der Waals surface area contributed by atoms with Crippen LogP contribution in [0.1, 0.15) is 15.2 Å². The smallest absolute Gasteiger partial charge is 0.271 e. The van der Waals surface area contributed by atoms with Crippen LogP contribution in [0.5, 0.6) is 0 Å². The maximum Gasteiger partial charge on any atom is 0.271 e. The first-order chi connectivity index (χ1) is 8.88. The quantitative estimate of drug-likeness (QED) is 0.903. The molecule has 0 unspecified atom stereocenters. The molecule has 1 amide bonds. The van der Waals surface area contributed by atoms with E-state index in [9.17, 15) is 13.2 Å². The number of hydrogen-bond acceptors (Lipinski definition) is 4. The molecule has 0 aliphatic heterocycles. The van der Waals surface area contributed by atoms with Gasteiger partial charge < -0.3 is 5.73 Å². The van der Waals surface area contributed by atoms with Crippen LogP contribution in [-0.2, 0) is 10.0 Å².